The lowest BCUT2D eigenvalue weighted by atomic mass is 10.2. The van der Waals surface area contributed by atoms with Gasteiger partial charge in [0.05, 0.1) is 5.69 Å². The topological polar surface area (TPSA) is 48.0 Å². The van der Waals surface area contributed by atoms with Gasteiger partial charge < -0.3 is 10.3 Å². The average Bonchev–Trinajstić information content (AvgIpc) is 2.13. The maximum Gasteiger partial charge on any atom is 0.251 e. The molecule has 2 N–H and O–H groups in total. The Labute approximate surface area is 83.9 Å². The van der Waals surface area contributed by atoms with Crippen LogP contribution >= 0.6 is 0 Å². The first-order valence-corrected chi connectivity index (χ1v) is 4.66. The number of nitrogens with zero attached hydrogens (tertiary/aromatic N) is 1. The summed E-state index contributed by atoms with van der Waals surface area (Å²) < 4.78 is 1.71. The molecule has 0 spiro atoms. The summed E-state index contributed by atoms with van der Waals surface area (Å²) in [6.07, 6.45) is 2.57. The van der Waals surface area contributed by atoms with Crippen molar-refractivity contribution in [1.82, 2.24) is 4.57 Å². The van der Waals surface area contributed by atoms with Crippen molar-refractivity contribution in [3.63, 3.8) is 0 Å². The number of rotatable bonds is 3. The van der Waals surface area contributed by atoms with Crippen LogP contribution in [-0.4, -0.2) is 4.57 Å². The Morgan fingerprint density at radius 2 is 2.29 bits per heavy atom. The van der Waals surface area contributed by atoms with Crippen LogP contribution in [0.4, 0.5) is 5.69 Å². The van der Waals surface area contributed by atoms with Crippen LogP contribution in [0.3, 0.4) is 0 Å². The van der Waals surface area contributed by atoms with Crippen molar-refractivity contribution >= 4 is 5.69 Å². The van der Waals surface area contributed by atoms with Crippen LogP contribution in [0.25, 0.3) is 0 Å². The highest BCUT2D eigenvalue weighted by atomic mass is 16.1. The predicted molar refractivity (Wildman–Crippen MR) is 59.4 cm³/mol. The fraction of sp³-hybridized carbons (Fsp3) is 0.364. The predicted octanol–water partition coefficient (Wildman–Crippen LogP) is 1.88. The molecule has 0 fully saturated rings. The maximum absolute atomic E-state index is 11.6. The van der Waals surface area contributed by atoms with Gasteiger partial charge in [-0.05, 0) is 26.3 Å². The molecule has 1 aromatic rings. The van der Waals surface area contributed by atoms with Gasteiger partial charge in [0.2, 0.25) is 0 Å². The summed E-state index contributed by atoms with van der Waals surface area (Å²) in [5.74, 6) is 0. The Balaban J connectivity index is 3.25. The highest BCUT2D eigenvalue weighted by Gasteiger charge is 2.08. The van der Waals surface area contributed by atoms with E-state index in [9.17, 15) is 4.79 Å². The minimum absolute atomic E-state index is 0.00829. The number of hydrogen-bond donors (Lipinski definition) is 1. The second kappa shape index (κ2) is 4.13. The SMILES string of the molecule is C=CCC(C)n1c(C)c(N)ccc1=O. The molecule has 1 unspecified atom stereocenters. The van der Waals surface area contributed by atoms with E-state index in [2.05, 4.69) is 6.58 Å². The molecule has 1 rings (SSSR count). The second-order valence-corrected chi connectivity index (χ2v) is 3.46. The molecule has 3 nitrogen and oxygen atoms in total. The number of anilines is 1. The lowest BCUT2D eigenvalue weighted by Gasteiger charge is -2.17. The quantitative estimate of drug-likeness (QED) is 0.743. The van der Waals surface area contributed by atoms with Crippen molar-refractivity contribution < 1.29 is 0 Å². The first-order chi connectivity index (χ1) is 6.57. The standard InChI is InChI=1S/C11H16N2O/c1-4-5-8(2)13-9(3)10(12)6-7-11(13)14/h4,6-8H,1,5,12H2,2-3H3. The van der Waals surface area contributed by atoms with Crippen molar-refractivity contribution in [2.24, 2.45) is 0 Å². The summed E-state index contributed by atoms with van der Waals surface area (Å²) in [6.45, 7) is 7.50. The molecule has 1 atom stereocenters. The van der Waals surface area contributed by atoms with Crippen molar-refractivity contribution in [3.05, 3.63) is 40.8 Å². The minimum Gasteiger partial charge on any atom is -0.397 e. The van der Waals surface area contributed by atoms with Crippen LogP contribution in [0.15, 0.2) is 29.6 Å². The Hall–Kier alpha value is -1.51. The Bertz CT molecular complexity index is 393. The second-order valence-electron chi connectivity index (χ2n) is 3.46. The van der Waals surface area contributed by atoms with E-state index >= 15 is 0 Å². The van der Waals surface area contributed by atoms with Gasteiger partial charge in [0, 0.05) is 17.8 Å². The molecule has 14 heavy (non-hydrogen) atoms. The van der Waals surface area contributed by atoms with E-state index < -0.39 is 0 Å². The largest absolute Gasteiger partial charge is 0.397 e. The molecule has 0 aliphatic carbocycles. The zero-order valence-electron chi connectivity index (χ0n) is 8.66. The van der Waals surface area contributed by atoms with Crippen molar-refractivity contribution in [2.75, 3.05) is 5.73 Å². The molecule has 0 amide bonds. The highest BCUT2D eigenvalue weighted by molar-refractivity contribution is 5.41. The number of allylic oxidation sites excluding steroid dienone is 1. The molecular formula is C11H16N2O. The van der Waals surface area contributed by atoms with Crippen LogP contribution in [0, 0.1) is 6.92 Å². The normalized spacial score (nSPS) is 12.4. The van der Waals surface area contributed by atoms with E-state index in [0.29, 0.717) is 5.69 Å². The molecule has 0 saturated heterocycles. The van der Waals surface area contributed by atoms with E-state index in [0.717, 1.165) is 12.1 Å². The van der Waals surface area contributed by atoms with E-state index in [1.165, 1.54) is 6.07 Å². The minimum atomic E-state index is -0.00829. The average molecular weight is 192 g/mol. The molecule has 0 aliphatic heterocycles. The van der Waals surface area contributed by atoms with Gasteiger partial charge in [-0.25, -0.2) is 0 Å². The van der Waals surface area contributed by atoms with Crippen LogP contribution in [0.5, 0.6) is 0 Å². The Morgan fingerprint density at radius 1 is 1.64 bits per heavy atom. The van der Waals surface area contributed by atoms with Gasteiger partial charge in [0.15, 0.2) is 0 Å². The smallest absolute Gasteiger partial charge is 0.251 e. The number of aromatic nitrogens is 1. The molecule has 0 aliphatic rings. The van der Waals surface area contributed by atoms with Crippen molar-refractivity contribution in [3.8, 4) is 0 Å². The number of pyridine rings is 1. The van der Waals surface area contributed by atoms with Crippen LogP contribution in [0.1, 0.15) is 25.1 Å². The van der Waals surface area contributed by atoms with Crippen LogP contribution in [0.2, 0.25) is 0 Å². The molecule has 1 aromatic heterocycles. The van der Waals surface area contributed by atoms with Crippen molar-refractivity contribution in [2.45, 2.75) is 26.3 Å². The molecular weight excluding hydrogens is 176 g/mol. The molecule has 76 valence electrons. The van der Waals surface area contributed by atoms with Crippen LogP contribution in [-0.2, 0) is 0 Å². The van der Waals surface area contributed by atoms with Gasteiger partial charge in [0.25, 0.3) is 5.56 Å². The molecule has 0 bridgehead atoms. The van der Waals surface area contributed by atoms with Crippen LogP contribution < -0.4 is 11.3 Å². The molecule has 1 heterocycles. The molecule has 0 radical (unpaired) electrons. The van der Waals surface area contributed by atoms with Crippen molar-refractivity contribution in [1.29, 1.82) is 0 Å². The first-order valence-electron chi connectivity index (χ1n) is 4.66. The van der Waals surface area contributed by atoms with Gasteiger partial charge in [0.1, 0.15) is 0 Å². The summed E-state index contributed by atoms with van der Waals surface area (Å²) in [5, 5.41) is 0. The zero-order valence-corrected chi connectivity index (χ0v) is 8.66. The monoisotopic (exact) mass is 192 g/mol. The fourth-order valence-electron chi connectivity index (χ4n) is 1.56. The van der Waals surface area contributed by atoms with Gasteiger partial charge >= 0.3 is 0 Å². The summed E-state index contributed by atoms with van der Waals surface area (Å²) in [7, 11) is 0. The lowest BCUT2D eigenvalue weighted by molar-refractivity contribution is 0.525. The third kappa shape index (κ3) is 1.87. The summed E-state index contributed by atoms with van der Waals surface area (Å²) >= 11 is 0. The lowest BCUT2D eigenvalue weighted by Crippen LogP contribution is -2.25. The molecule has 3 heteroatoms. The summed E-state index contributed by atoms with van der Waals surface area (Å²) in [5.41, 5.74) is 7.21. The summed E-state index contributed by atoms with van der Waals surface area (Å²) in [6, 6.07) is 3.26. The number of nitrogens with two attached hydrogens (primary N) is 1. The third-order valence-corrected chi connectivity index (χ3v) is 2.37. The zero-order chi connectivity index (χ0) is 10.7. The van der Waals surface area contributed by atoms with Gasteiger partial charge in [-0.1, -0.05) is 6.08 Å². The maximum atomic E-state index is 11.6. The first kappa shape index (κ1) is 10.6. The van der Waals surface area contributed by atoms with E-state index in [1.807, 2.05) is 13.8 Å². The Kier molecular flexibility index (Phi) is 3.12. The number of nitrogen functional groups attached to an aromatic ring is 1. The van der Waals surface area contributed by atoms with E-state index in [4.69, 9.17) is 5.73 Å². The van der Waals surface area contributed by atoms with E-state index in [1.54, 1.807) is 16.7 Å². The Morgan fingerprint density at radius 3 is 2.86 bits per heavy atom. The summed E-state index contributed by atoms with van der Waals surface area (Å²) in [4.78, 5) is 11.6. The molecule has 0 aromatic carbocycles. The van der Waals surface area contributed by atoms with Gasteiger partial charge in [-0.15, -0.1) is 6.58 Å². The van der Waals surface area contributed by atoms with E-state index in [-0.39, 0.29) is 11.6 Å². The van der Waals surface area contributed by atoms with Gasteiger partial charge in [-0.2, -0.15) is 0 Å². The fourth-order valence-corrected chi connectivity index (χ4v) is 1.56. The number of hydrogen-bond acceptors (Lipinski definition) is 2. The van der Waals surface area contributed by atoms with Gasteiger partial charge in [-0.3, -0.25) is 4.79 Å². The third-order valence-electron chi connectivity index (χ3n) is 2.37. The molecule has 0 saturated carbocycles. The highest BCUT2D eigenvalue weighted by Crippen LogP contribution is 2.15.